The van der Waals surface area contributed by atoms with Crippen molar-refractivity contribution in [2.45, 2.75) is 51.4 Å². The van der Waals surface area contributed by atoms with Crippen molar-refractivity contribution in [2.24, 2.45) is 0 Å². The van der Waals surface area contributed by atoms with Crippen LogP contribution in [0.4, 0.5) is 4.79 Å². The van der Waals surface area contributed by atoms with Gasteiger partial charge in [-0.05, 0) is 33.6 Å². The van der Waals surface area contributed by atoms with Gasteiger partial charge in [0, 0.05) is 0 Å². The van der Waals surface area contributed by atoms with Crippen LogP contribution in [0.25, 0.3) is 0 Å². The van der Waals surface area contributed by atoms with E-state index < -0.39 is 28.0 Å². The number of carbonyl (C=O) groups excluding carboxylic acids is 1. The number of ether oxygens (including phenoxy) is 2. The molecule has 1 aliphatic heterocycles. The Labute approximate surface area is 113 Å². The average Bonchev–Trinajstić information content (AvgIpc) is 2.98. The standard InChI is InChI=1S/C11H19NO6S/c1-11(2,3)18-10(13)12-8(6-16-9-4-5-9)7-17-19(12,14)15/h8-9H,4-7H2,1-3H3/t8-/m0/s1. The molecule has 8 heteroatoms. The van der Waals surface area contributed by atoms with Crippen molar-refractivity contribution in [3.05, 3.63) is 0 Å². The Balaban J connectivity index is 2.04. The molecule has 2 aliphatic rings. The highest BCUT2D eigenvalue weighted by atomic mass is 32.2. The molecule has 19 heavy (non-hydrogen) atoms. The van der Waals surface area contributed by atoms with Gasteiger partial charge >= 0.3 is 16.4 Å². The fourth-order valence-electron chi connectivity index (χ4n) is 1.62. The van der Waals surface area contributed by atoms with Crippen LogP contribution in [0.2, 0.25) is 0 Å². The zero-order valence-corrected chi connectivity index (χ0v) is 12.1. The number of nitrogens with zero attached hydrogens (tertiary/aromatic N) is 1. The van der Waals surface area contributed by atoms with E-state index in [2.05, 4.69) is 4.18 Å². The molecule has 0 unspecified atom stereocenters. The van der Waals surface area contributed by atoms with Crippen LogP contribution in [0.15, 0.2) is 0 Å². The maximum absolute atomic E-state index is 11.9. The lowest BCUT2D eigenvalue weighted by Gasteiger charge is -2.25. The van der Waals surface area contributed by atoms with Crippen LogP contribution in [-0.2, 0) is 24.0 Å². The van der Waals surface area contributed by atoms with Crippen LogP contribution in [0.3, 0.4) is 0 Å². The summed E-state index contributed by atoms with van der Waals surface area (Å²) in [6, 6.07) is -0.652. The summed E-state index contributed by atoms with van der Waals surface area (Å²) < 4.78 is 39.3. The fourth-order valence-corrected chi connectivity index (χ4v) is 2.77. The largest absolute Gasteiger partial charge is 0.443 e. The summed E-state index contributed by atoms with van der Waals surface area (Å²) in [5.41, 5.74) is -0.767. The molecule has 2 fully saturated rings. The topological polar surface area (TPSA) is 82.1 Å². The molecule has 2 rings (SSSR count). The first-order chi connectivity index (χ1) is 8.69. The van der Waals surface area contributed by atoms with Gasteiger partial charge < -0.3 is 9.47 Å². The van der Waals surface area contributed by atoms with Crippen molar-refractivity contribution < 1.29 is 26.9 Å². The Morgan fingerprint density at radius 1 is 1.37 bits per heavy atom. The Morgan fingerprint density at radius 3 is 2.53 bits per heavy atom. The number of hydrogen-bond acceptors (Lipinski definition) is 6. The van der Waals surface area contributed by atoms with Gasteiger partial charge in [-0.1, -0.05) is 0 Å². The zero-order valence-electron chi connectivity index (χ0n) is 11.3. The summed E-state index contributed by atoms with van der Waals surface area (Å²) in [6.45, 7) is 5.07. The lowest BCUT2D eigenvalue weighted by molar-refractivity contribution is 0.0235. The van der Waals surface area contributed by atoms with Crippen molar-refractivity contribution in [3.63, 3.8) is 0 Å². The van der Waals surface area contributed by atoms with Gasteiger partial charge in [-0.2, -0.15) is 12.7 Å². The van der Waals surface area contributed by atoms with Crippen molar-refractivity contribution in [1.29, 1.82) is 0 Å². The summed E-state index contributed by atoms with van der Waals surface area (Å²) >= 11 is 0. The maximum atomic E-state index is 11.9. The quantitative estimate of drug-likeness (QED) is 0.773. The Kier molecular flexibility index (Phi) is 3.76. The SMILES string of the molecule is CC(C)(C)OC(=O)N1[C@@H](COC2CC2)COS1(=O)=O. The van der Waals surface area contributed by atoms with Crippen LogP contribution in [0.1, 0.15) is 33.6 Å². The molecule has 0 aromatic heterocycles. The normalized spacial score (nSPS) is 26.5. The second-order valence-electron chi connectivity index (χ2n) is 5.70. The molecule has 1 atom stereocenters. The molecule has 0 N–H and O–H groups in total. The summed E-state index contributed by atoms with van der Waals surface area (Å²) in [5, 5.41) is 0. The van der Waals surface area contributed by atoms with E-state index in [0.29, 0.717) is 4.31 Å². The van der Waals surface area contributed by atoms with Crippen LogP contribution < -0.4 is 0 Å². The summed E-state index contributed by atoms with van der Waals surface area (Å²) in [5.74, 6) is 0. The zero-order chi connectivity index (χ0) is 14.3. The number of hydrogen-bond donors (Lipinski definition) is 0. The lowest BCUT2D eigenvalue weighted by Crippen LogP contribution is -2.44. The highest BCUT2D eigenvalue weighted by molar-refractivity contribution is 7.85. The van der Waals surface area contributed by atoms with E-state index in [1.165, 1.54) is 0 Å². The van der Waals surface area contributed by atoms with Gasteiger partial charge in [0.05, 0.1) is 19.3 Å². The van der Waals surface area contributed by atoms with Gasteiger partial charge in [0.1, 0.15) is 11.6 Å². The van der Waals surface area contributed by atoms with Crippen molar-refractivity contribution in [1.82, 2.24) is 4.31 Å². The number of rotatable bonds is 3. The molecular weight excluding hydrogens is 274 g/mol. The van der Waals surface area contributed by atoms with E-state index in [0.717, 1.165) is 12.8 Å². The first-order valence-electron chi connectivity index (χ1n) is 6.22. The Bertz CT molecular complexity index is 450. The van der Waals surface area contributed by atoms with Crippen LogP contribution in [0, 0.1) is 0 Å². The van der Waals surface area contributed by atoms with Crippen molar-refractivity contribution in [2.75, 3.05) is 13.2 Å². The number of carbonyl (C=O) groups is 1. The molecule has 0 bridgehead atoms. The molecule has 0 radical (unpaired) electrons. The second-order valence-corrected chi connectivity index (χ2v) is 7.19. The smallest absolute Gasteiger partial charge is 0.426 e. The van der Waals surface area contributed by atoms with E-state index in [4.69, 9.17) is 9.47 Å². The fraction of sp³-hybridized carbons (Fsp3) is 0.909. The molecule has 1 saturated carbocycles. The first-order valence-corrected chi connectivity index (χ1v) is 7.59. The molecule has 1 aliphatic carbocycles. The summed E-state index contributed by atoms with van der Waals surface area (Å²) in [7, 11) is -4.06. The molecule has 1 heterocycles. The van der Waals surface area contributed by atoms with Gasteiger partial charge in [0.15, 0.2) is 0 Å². The third-order valence-electron chi connectivity index (χ3n) is 2.60. The van der Waals surface area contributed by atoms with Crippen LogP contribution in [0.5, 0.6) is 0 Å². The molecule has 0 aromatic carbocycles. The Morgan fingerprint density at radius 2 is 2.00 bits per heavy atom. The first kappa shape index (κ1) is 14.5. The highest BCUT2D eigenvalue weighted by Gasteiger charge is 2.45. The minimum atomic E-state index is -4.06. The summed E-state index contributed by atoms with van der Waals surface area (Å²) in [6.07, 6.45) is 1.22. The predicted octanol–water partition coefficient (Wildman–Crippen LogP) is 1.05. The van der Waals surface area contributed by atoms with Crippen LogP contribution in [-0.4, -0.2) is 49.8 Å². The monoisotopic (exact) mass is 293 g/mol. The molecule has 110 valence electrons. The van der Waals surface area contributed by atoms with Gasteiger partial charge in [0.25, 0.3) is 0 Å². The third kappa shape index (κ3) is 3.80. The molecule has 7 nitrogen and oxygen atoms in total. The van der Waals surface area contributed by atoms with Gasteiger partial charge in [0.2, 0.25) is 0 Å². The second kappa shape index (κ2) is 4.92. The van der Waals surface area contributed by atoms with Crippen molar-refractivity contribution in [3.8, 4) is 0 Å². The number of amides is 1. The van der Waals surface area contributed by atoms with Gasteiger partial charge in [-0.3, -0.25) is 4.18 Å². The minimum Gasteiger partial charge on any atom is -0.443 e. The molecule has 0 aromatic rings. The van der Waals surface area contributed by atoms with Crippen LogP contribution >= 0.6 is 0 Å². The van der Waals surface area contributed by atoms with Gasteiger partial charge in [-0.15, -0.1) is 0 Å². The Hall–Kier alpha value is -0.860. The average molecular weight is 293 g/mol. The molecule has 1 amide bonds. The lowest BCUT2D eigenvalue weighted by atomic mass is 10.2. The van der Waals surface area contributed by atoms with E-state index in [1.807, 2.05) is 0 Å². The van der Waals surface area contributed by atoms with E-state index in [-0.39, 0.29) is 19.3 Å². The minimum absolute atomic E-state index is 0.0890. The van der Waals surface area contributed by atoms with Gasteiger partial charge in [-0.25, -0.2) is 4.79 Å². The predicted molar refractivity (Wildman–Crippen MR) is 65.7 cm³/mol. The molecule has 1 saturated heterocycles. The molecule has 0 spiro atoms. The molecular formula is C11H19NO6S. The highest BCUT2D eigenvalue weighted by Crippen LogP contribution is 2.27. The van der Waals surface area contributed by atoms with E-state index >= 15 is 0 Å². The third-order valence-corrected chi connectivity index (χ3v) is 3.97. The maximum Gasteiger partial charge on any atom is 0.426 e. The van der Waals surface area contributed by atoms with E-state index in [9.17, 15) is 13.2 Å². The van der Waals surface area contributed by atoms with E-state index in [1.54, 1.807) is 20.8 Å². The summed E-state index contributed by atoms with van der Waals surface area (Å²) in [4.78, 5) is 11.9. The van der Waals surface area contributed by atoms with Crippen molar-refractivity contribution >= 4 is 16.4 Å².